The minimum Gasteiger partial charge on any atom is -0.351 e. The van der Waals surface area contributed by atoms with E-state index in [0.717, 1.165) is 12.8 Å². The topological polar surface area (TPSA) is 66.9 Å². The van der Waals surface area contributed by atoms with Crippen LogP contribution < -0.4 is 10.6 Å². The number of amides is 1. The van der Waals surface area contributed by atoms with E-state index in [9.17, 15) is 4.79 Å². The van der Waals surface area contributed by atoms with E-state index >= 15 is 0 Å². The van der Waals surface area contributed by atoms with Gasteiger partial charge in [0.05, 0.1) is 10.7 Å². The van der Waals surface area contributed by atoms with E-state index in [1.54, 1.807) is 24.4 Å². The third kappa shape index (κ3) is 4.20. The lowest BCUT2D eigenvalue weighted by Crippen LogP contribution is -2.24. The highest BCUT2D eigenvalue weighted by atomic mass is 35.5. The molecule has 3 rings (SSSR count). The van der Waals surface area contributed by atoms with Crippen molar-refractivity contribution in [2.75, 3.05) is 10.6 Å². The van der Waals surface area contributed by atoms with E-state index in [2.05, 4.69) is 20.6 Å². The molecule has 1 fully saturated rings. The summed E-state index contributed by atoms with van der Waals surface area (Å²) in [5.41, 5.74) is 0.887. The molecule has 0 bridgehead atoms. The van der Waals surface area contributed by atoms with Crippen LogP contribution in [0.3, 0.4) is 0 Å². The molecule has 0 radical (unpaired) electrons. The standard InChI is InChI=1S/C17H19ClN4O/c18-13-8-4-5-9-14(13)21-16(23)15-10-11-19-17(22-15)20-12-6-2-1-3-7-12/h4-5,8-12H,1-3,6-7H2,(H,21,23)(H,19,20,22). The Labute approximate surface area is 140 Å². The number of carbonyl (C=O) groups excluding carboxylic acids is 1. The molecule has 0 aliphatic heterocycles. The summed E-state index contributed by atoms with van der Waals surface area (Å²) in [5.74, 6) is 0.205. The molecular formula is C17H19ClN4O. The second-order valence-electron chi connectivity index (χ2n) is 5.68. The third-order valence-corrected chi connectivity index (χ3v) is 4.28. The number of halogens is 1. The number of hydrogen-bond donors (Lipinski definition) is 2. The van der Waals surface area contributed by atoms with Crippen LogP contribution in [-0.4, -0.2) is 21.9 Å². The van der Waals surface area contributed by atoms with Crippen molar-refractivity contribution >= 4 is 29.1 Å². The van der Waals surface area contributed by atoms with Gasteiger partial charge in [0.15, 0.2) is 0 Å². The molecule has 0 spiro atoms. The zero-order valence-electron chi connectivity index (χ0n) is 12.8. The van der Waals surface area contributed by atoms with Gasteiger partial charge in [-0.25, -0.2) is 9.97 Å². The SMILES string of the molecule is O=C(Nc1ccccc1Cl)c1ccnc(NC2CCCCC2)n1. The van der Waals surface area contributed by atoms with Crippen LogP contribution in [0.4, 0.5) is 11.6 Å². The Morgan fingerprint density at radius 2 is 1.91 bits per heavy atom. The molecule has 23 heavy (non-hydrogen) atoms. The summed E-state index contributed by atoms with van der Waals surface area (Å²) in [6.45, 7) is 0. The van der Waals surface area contributed by atoms with E-state index in [1.807, 2.05) is 12.1 Å². The van der Waals surface area contributed by atoms with Crippen molar-refractivity contribution in [2.45, 2.75) is 38.1 Å². The summed E-state index contributed by atoms with van der Waals surface area (Å²) in [5, 5.41) is 6.59. The average molecular weight is 331 g/mol. The van der Waals surface area contributed by atoms with Crippen LogP contribution in [0.15, 0.2) is 36.5 Å². The van der Waals surface area contributed by atoms with Gasteiger partial charge in [0.1, 0.15) is 5.69 Å². The monoisotopic (exact) mass is 330 g/mol. The molecule has 0 saturated heterocycles. The fraction of sp³-hybridized carbons (Fsp3) is 0.353. The highest BCUT2D eigenvalue weighted by Gasteiger charge is 2.15. The summed E-state index contributed by atoms with van der Waals surface area (Å²) in [6.07, 6.45) is 7.59. The fourth-order valence-corrected chi connectivity index (χ4v) is 2.92. The lowest BCUT2D eigenvalue weighted by atomic mass is 9.96. The molecule has 2 N–H and O–H groups in total. The maximum atomic E-state index is 12.3. The minimum atomic E-state index is -0.299. The molecule has 6 heteroatoms. The van der Waals surface area contributed by atoms with Crippen LogP contribution in [0.1, 0.15) is 42.6 Å². The highest BCUT2D eigenvalue weighted by Crippen LogP contribution is 2.22. The van der Waals surface area contributed by atoms with Crippen LogP contribution in [0.2, 0.25) is 5.02 Å². The summed E-state index contributed by atoms with van der Waals surface area (Å²) in [6, 6.07) is 9.10. The second-order valence-corrected chi connectivity index (χ2v) is 6.09. The predicted molar refractivity (Wildman–Crippen MR) is 91.9 cm³/mol. The molecule has 1 aromatic carbocycles. The first-order valence-electron chi connectivity index (χ1n) is 7.88. The van der Waals surface area contributed by atoms with E-state index in [-0.39, 0.29) is 5.91 Å². The Morgan fingerprint density at radius 1 is 1.13 bits per heavy atom. The normalized spacial score (nSPS) is 15.2. The Kier molecular flexibility index (Phi) is 5.08. The molecule has 0 unspecified atom stereocenters. The van der Waals surface area contributed by atoms with Crippen molar-refractivity contribution in [1.82, 2.24) is 9.97 Å². The molecule has 1 aliphatic rings. The lowest BCUT2D eigenvalue weighted by molar-refractivity contribution is 0.102. The predicted octanol–water partition coefficient (Wildman–Crippen LogP) is 4.13. The largest absolute Gasteiger partial charge is 0.351 e. The average Bonchev–Trinajstić information content (AvgIpc) is 2.58. The van der Waals surface area contributed by atoms with Crippen LogP contribution in [0.25, 0.3) is 0 Å². The van der Waals surface area contributed by atoms with E-state index < -0.39 is 0 Å². The first kappa shape index (κ1) is 15.7. The van der Waals surface area contributed by atoms with Gasteiger partial charge < -0.3 is 10.6 Å². The maximum Gasteiger partial charge on any atom is 0.274 e. The zero-order valence-corrected chi connectivity index (χ0v) is 13.5. The molecule has 120 valence electrons. The first-order valence-corrected chi connectivity index (χ1v) is 8.25. The molecule has 1 heterocycles. The third-order valence-electron chi connectivity index (χ3n) is 3.95. The Hall–Kier alpha value is -2.14. The van der Waals surface area contributed by atoms with Crippen LogP contribution in [-0.2, 0) is 0 Å². The molecule has 1 saturated carbocycles. The van der Waals surface area contributed by atoms with E-state index in [4.69, 9.17) is 11.6 Å². The molecule has 0 atom stereocenters. The Balaban J connectivity index is 1.69. The quantitative estimate of drug-likeness (QED) is 0.884. The lowest BCUT2D eigenvalue weighted by Gasteiger charge is -2.22. The summed E-state index contributed by atoms with van der Waals surface area (Å²) in [4.78, 5) is 20.9. The zero-order chi connectivity index (χ0) is 16.1. The van der Waals surface area contributed by atoms with Gasteiger partial charge in [-0.15, -0.1) is 0 Å². The van der Waals surface area contributed by atoms with Crippen molar-refractivity contribution in [3.05, 3.63) is 47.2 Å². The second kappa shape index (κ2) is 7.42. The number of aromatic nitrogens is 2. The van der Waals surface area contributed by atoms with Gasteiger partial charge in [-0.05, 0) is 31.0 Å². The van der Waals surface area contributed by atoms with Crippen molar-refractivity contribution in [3.63, 3.8) is 0 Å². The molecular weight excluding hydrogens is 312 g/mol. The fourth-order valence-electron chi connectivity index (χ4n) is 2.73. The van der Waals surface area contributed by atoms with Gasteiger partial charge >= 0.3 is 0 Å². The van der Waals surface area contributed by atoms with Gasteiger partial charge in [0.2, 0.25) is 5.95 Å². The van der Waals surface area contributed by atoms with Crippen LogP contribution in [0.5, 0.6) is 0 Å². The minimum absolute atomic E-state index is 0.299. The summed E-state index contributed by atoms with van der Waals surface area (Å²) in [7, 11) is 0. The molecule has 2 aromatic rings. The van der Waals surface area contributed by atoms with Gasteiger partial charge in [0, 0.05) is 12.2 Å². The van der Waals surface area contributed by atoms with Gasteiger partial charge in [-0.1, -0.05) is 43.0 Å². The number of hydrogen-bond acceptors (Lipinski definition) is 4. The summed E-state index contributed by atoms with van der Waals surface area (Å²) < 4.78 is 0. The number of nitrogens with zero attached hydrogens (tertiary/aromatic N) is 2. The first-order chi connectivity index (χ1) is 11.2. The highest BCUT2D eigenvalue weighted by molar-refractivity contribution is 6.33. The maximum absolute atomic E-state index is 12.3. The van der Waals surface area contributed by atoms with E-state index in [1.165, 1.54) is 19.3 Å². The van der Waals surface area contributed by atoms with Crippen molar-refractivity contribution in [1.29, 1.82) is 0 Å². The molecule has 5 nitrogen and oxygen atoms in total. The number of benzene rings is 1. The smallest absolute Gasteiger partial charge is 0.274 e. The van der Waals surface area contributed by atoms with Crippen molar-refractivity contribution < 1.29 is 4.79 Å². The Morgan fingerprint density at radius 3 is 2.70 bits per heavy atom. The Bertz CT molecular complexity index is 686. The number of carbonyl (C=O) groups is 1. The van der Waals surface area contributed by atoms with Gasteiger partial charge in [0.25, 0.3) is 5.91 Å². The van der Waals surface area contributed by atoms with Crippen LogP contribution >= 0.6 is 11.6 Å². The summed E-state index contributed by atoms with van der Waals surface area (Å²) >= 11 is 6.06. The van der Waals surface area contributed by atoms with Crippen molar-refractivity contribution in [3.8, 4) is 0 Å². The van der Waals surface area contributed by atoms with Gasteiger partial charge in [-0.3, -0.25) is 4.79 Å². The molecule has 1 aromatic heterocycles. The van der Waals surface area contributed by atoms with Crippen molar-refractivity contribution in [2.24, 2.45) is 0 Å². The van der Waals surface area contributed by atoms with Crippen LogP contribution in [0, 0.1) is 0 Å². The molecule has 1 amide bonds. The molecule has 1 aliphatic carbocycles. The number of nitrogens with one attached hydrogen (secondary N) is 2. The number of anilines is 2. The number of para-hydroxylation sites is 1. The number of rotatable bonds is 4. The van der Waals surface area contributed by atoms with E-state index in [0.29, 0.717) is 28.4 Å². The van der Waals surface area contributed by atoms with Gasteiger partial charge in [-0.2, -0.15) is 0 Å².